The third kappa shape index (κ3) is 3.62. The number of carbonyl (C=O) groups excluding carboxylic acids is 1. The molecule has 0 fully saturated rings. The number of fused-ring (bicyclic) bond motifs is 1. The summed E-state index contributed by atoms with van der Waals surface area (Å²) in [5.41, 5.74) is 1.50. The molecule has 1 amide bonds. The summed E-state index contributed by atoms with van der Waals surface area (Å²) in [6.45, 7) is 9.40. The van der Waals surface area contributed by atoms with E-state index < -0.39 is 21.7 Å². The van der Waals surface area contributed by atoms with Crippen LogP contribution in [0.3, 0.4) is 0 Å². The Morgan fingerprint density at radius 3 is 2.28 bits per heavy atom. The molecule has 3 aromatic rings. The molecule has 0 N–H and O–H groups in total. The predicted molar refractivity (Wildman–Crippen MR) is 108 cm³/mol. The Hall–Kier alpha value is -2.81. The van der Waals surface area contributed by atoms with Crippen LogP contribution >= 0.6 is 0 Å². The third-order valence-corrected chi connectivity index (χ3v) is 6.32. The van der Waals surface area contributed by atoms with E-state index in [-0.39, 0.29) is 16.0 Å². The predicted octanol–water partition coefficient (Wildman–Crippen LogP) is 3.40. The van der Waals surface area contributed by atoms with E-state index in [2.05, 4.69) is 10.1 Å². The molecule has 0 aliphatic rings. The fraction of sp³-hybridized carbons (Fsp3) is 0.350. The Balaban J connectivity index is 2.16. The van der Waals surface area contributed by atoms with Gasteiger partial charge in [-0.15, -0.1) is 0 Å². The summed E-state index contributed by atoms with van der Waals surface area (Å²) in [6, 6.07) is 5.90. The second kappa shape index (κ2) is 6.91. The van der Waals surface area contributed by atoms with Gasteiger partial charge in [-0.1, -0.05) is 0 Å². The molecule has 0 bridgehead atoms. The fourth-order valence-electron chi connectivity index (χ4n) is 3.09. The highest BCUT2D eigenvalue weighted by atomic mass is 32.2. The van der Waals surface area contributed by atoms with Crippen LogP contribution in [-0.4, -0.2) is 40.4 Å². The Morgan fingerprint density at radius 1 is 1.14 bits per heavy atom. The van der Waals surface area contributed by atoms with Crippen molar-refractivity contribution >= 4 is 27.0 Å². The lowest BCUT2D eigenvalue weighted by Crippen LogP contribution is -2.33. The van der Waals surface area contributed by atoms with E-state index in [9.17, 15) is 17.6 Å². The monoisotopic (exact) mass is 418 g/mol. The lowest BCUT2D eigenvalue weighted by molar-refractivity contribution is 0.0884. The second-order valence-corrected chi connectivity index (χ2v) is 9.88. The average Bonchev–Trinajstić information content (AvgIpc) is 2.97. The summed E-state index contributed by atoms with van der Waals surface area (Å²) in [6.07, 6.45) is 0. The molecule has 154 valence electrons. The average molecular weight is 418 g/mol. The molecule has 2 heterocycles. The van der Waals surface area contributed by atoms with Crippen molar-refractivity contribution < 1.29 is 17.6 Å². The van der Waals surface area contributed by atoms with Crippen LogP contribution in [0.2, 0.25) is 0 Å². The Morgan fingerprint density at radius 2 is 1.72 bits per heavy atom. The van der Waals surface area contributed by atoms with E-state index in [1.54, 1.807) is 24.6 Å². The van der Waals surface area contributed by atoms with Gasteiger partial charge >= 0.3 is 0 Å². The summed E-state index contributed by atoms with van der Waals surface area (Å²) < 4.78 is 41.3. The van der Waals surface area contributed by atoms with Crippen molar-refractivity contribution in [2.45, 2.75) is 45.1 Å². The van der Waals surface area contributed by atoms with Crippen molar-refractivity contribution in [2.24, 2.45) is 0 Å². The Kier molecular flexibility index (Phi) is 4.98. The normalized spacial score (nSPS) is 12.4. The Bertz CT molecular complexity index is 1210. The topological polar surface area (TPSA) is 85.2 Å². The molecule has 0 spiro atoms. The van der Waals surface area contributed by atoms with Crippen LogP contribution in [-0.2, 0) is 15.6 Å². The number of hydrogen-bond acceptors (Lipinski definition) is 5. The molecule has 3 rings (SSSR count). The SMILES string of the molecule is Cc1cc(C(=O)N(C)S(=O)(=O)c2ccc(F)cc2)c2c(C)nn(C(C)(C)C)c2n1. The van der Waals surface area contributed by atoms with Crippen molar-refractivity contribution in [3.05, 3.63) is 53.1 Å². The van der Waals surface area contributed by atoms with Crippen LogP contribution in [0.1, 0.15) is 42.5 Å². The van der Waals surface area contributed by atoms with E-state index in [0.29, 0.717) is 26.7 Å². The quantitative estimate of drug-likeness (QED) is 0.651. The fourth-order valence-corrected chi connectivity index (χ4v) is 4.21. The number of amides is 1. The Labute approximate surface area is 169 Å². The smallest absolute Gasteiger partial charge is 0.268 e. The molecule has 0 radical (unpaired) electrons. The summed E-state index contributed by atoms with van der Waals surface area (Å²) in [4.78, 5) is 17.6. The zero-order valence-corrected chi connectivity index (χ0v) is 18.0. The van der Waals surface area contributed by atoms with Crippen LogP contribution in [0, 0.1) is 19.7 Å². The van der Waals surface area contributed by atoms with Gasteiger partial charge in [0.1, 0.15) is 5.82 Å². The molecular formula is C20H23FN4O3S. The van der Waals surface area contributed by atoms with E-state index in [0.717, 1.165) is 24.3 Å². The first-order valence-corrected chi connectivity index (χ1v) is 10.4. The largest absolute Gasteiger partial charge is 0.268 e. The molecule has 0 aliphatic heterocycles. The number of hydrogen-bond donors (Lipinski definition) is 0. The number of sulfonamides is 1. The number of halogens is 1. The van der Waals surface area contributed by atoms with Gasteiger partial charge in [-0.25, -0.2) is 26.8 Å². The summed E-state index contributed by atoms with van der Waals surface area (Å²) >= 11 is 0. The summed E-state index contributed by atoms with van der Waals surface area (Å²) in [5.74, 6) is -1.27. The number of benzene rings is 1. The van der Waals surface area contributed by atoms with Crippen LogP contribution in [0.5, 0.6) is 0 Å². The maximum atomic E-state index is 13.2. The van der Waals surface area contributed by atoms with Gasteiger partial charge in [0.2, 0.25) is 0 Å². The number of carbonyl (C=O) groups is 1. The van der Waals surface area contributed by atoms with Crippen LogP contribution in [0.4, 0.5) is 4.39 Å². The molecule has 0 saturated heterocycles. The highest BCUT2D eigenvalue weighted by Gasteiger charge is 2.30. The number of aromatic nitrogens is 3. The van der Waals surface area contributed by atoms with Crippen molar-refractivity contribution in [1.82, 2.24) is 19.1 Å². The van der Waals surface area contributed by atoms with E-state index in [4.69, 9.17) is 0 Å². The molecule has 0 atom stereocenters. The standard InChI is InChI=1S/C20H23FN4O3S/c1-12-11-16(17-13(2)23-25(18(17)22-12)20(3,4)5)19(26)24(6)29(27,28)15-9-7-14(21)8-10-15/h7-11H,1-6H3. The highest BCUT2D eigenvalue weighted by Crippen LogP contribution is 2.28. The van der Waals surface area contributed by atoms with Gasteiger partial charge in [0.25, 0.3) is 15.9 Å². The van der Waals surface area contributed by atoms with E-state index >= 15 is 0 Å². The van der Waals surface area contributed by atoms with Crippen LogP contribution in [0.15, 0.2) is 35.2 Å². The van der Waals surface area contributed by atoms with E-state index in [1.807, 2.05) is 20.8 Å². The number of nitrogens with zero attached hydrogens (tertiary/aromatic N) is 4. The number of pyridine rings is 1. The van der Waals surface area contributed by atoms with Crippen LogP contribution in [0.25, 0.3) is 11.0 Å². The summed E-state index contributed by atoms with van der Waals surface area (Å²) in [5, 5.41) is 5.04. The molecule has 7 nitrogen and oxygen atoms in total. The van der Waals surface area contributed by atoms with E-state index in [1.165, 1.54) is 7.05 Å². The molecule has 1 aromatic carbocycles. The zero-order chi connectivity index (χ0) is 21.7. The van der Waals surface area contributed by atoms with Gasteiger partial charge in [0.15, 0.2) is 5.65 Å². The molecular weight excluding hydrogens is 395 g/mol. The lowest BCUT2D eigenvalue weighted by atomic mass is 10.1. The van der Waals surface area contributed by atoms with Crippen molar-refractivity contribution in [3.63, 3.8) is 0 Å². The lowest BCUT2D eigenvalue weighted by Gasteiger charge is -2.21. The first-order chi connectivity index (χ1) is 13.3. The maximum absolute atomic E-state index is 13.2. The van der Waals surface area contributed by atoms with Crippen molar-refractivity contribution in [1.29, 1.82) is 0 Å². The maximum Gasteiger partial charge on any atom is 0.268 e. The first-order valence-electron chi connectivity index (χ1n) is 9.00. The summed E-state index contributed by atoms with van der Waals surface area (Å²) in [7, 11) is -2.96. The van der Waals surface area contributed by atoms with Crippen molar-refractivity contribution in [3.8, 4) is 0 Å². The minimum absolute atomic E-state index is 0.168. The molecule has 0 saturated carbocycles. The number of aryl methyl sites for hydroxylation is 2. The van der Waals surface area contributed by atoms with Crippen LogP contribution < -0.4 is 0 Å². The third-order valence-electron chi connectivity index (χ3n) is 4.56. The van der Waals surface area contributed by atoms with Gasteiger partial charge < -0.3 is 0 Å². The molecule has 9 heteroatoms. The van der Waals surface area contributed by atoms with Gasteiger partial charge in [-0.05, 0) is 65.0 Å². The van der Waals surface area contributed by atoms with Gasteiger partial charge in [-0.3, -0.25) is 4.79 Å². The molecule has 0 unspecified atom stereocenters. The van der Waals surface area contributed by atoms with Gasteiger partial charge in [0.05, 0.1) is 27.1 Å². The number of rotatable bonds is 3. The zero-order valence-electron chi connectivity index (χ0n) is 17.2. The highest BCUT2D eigenvalue weighted by molar-refractivity contribution is 7.89. The van der Waals surface area contributed by atoms with Gasteiger partial charge in [-0.2, -0.15) is 5.10 Å². The van der Waals surface area contributed by atoms with Crippen molar-refractivity contribution in [2.75, 3.05) is 7.05 Å². The molecule has 2 aromatic heterocycles. The second-order valence-electron chi connectivity index (χ2n) is 7.91. The minimum Gasteiger partial charge on any atom is -0.268 e. The van der Waals surface area contributed by atoms with Gasteiger partial charge in [0, 0.05) is 12.7 Å². The molecule has 29 heavy (non-hydrogen) atoms. The minimum atomic E-state index is -4.15. The molecule has 0 aliphatic carbocycles. The first kappa shape index (κ1) is 20.9.